The van der Waals surface area contributed by atoms with Crippen LogP contribution in [0.25, 0.3) is 11.1 Å². The second kappa shape index (κ2) is 14.8. The second-order valence-electron chi connectivity index (χ2n) is 11.2. The third-order valence-electron chi connectivity index (χ3n) is 6.51. The number of hydrogen-bond donors (Lipinski definition) is 2. The highest BCUT2D eigenvalue weighted by Crippen LogP contribution is 2.53. The lowest BCUT2D eigenvalue weighted by Crippen LogP contribution is -2.60. The van der Waals surface area contributed by atoms with Crippen molar-refractivity contribution >= 4 is 23.2 Å². The predicted octanol–water partition coefficient (Wildman–Crippen LogP) is 10.2. The van der Waals surface area contributed by atoms with E-state index in [4.69, 9.17) is 0 Å². The van der Waals surface area contributed by atoms with Gasteiger partial charge in [-0.2, -0.15) is 79.0 Å². The lowest BCUT2D eigenvalue weighted by atomic mass is 10.0. The van der Waals surface area contributed by atoms with Crippen molar-refractivity contribution in [2.75, 3.05) is 10.6 Å². The molecule has 2 unspecified atom stereocenters. The van der Waals surface area contributed by atoms with Crippen LogP contribution in [-0.4, -0.2) is 72.2 Å². The Hall–Kier alpha value is -4.50. The monoisotopic (exact) mass is 860 g/mol. The molecule has 0 saturated heterocycles. The molecule has 2 aromatic carbocycles. The quantitative estimate of drug-likeness (QED) is 0.173. The predicted molar refractivity (Wildman–Crippen MR) is 145 cm³/mol. The molecule has 2 N–H and O–H groups in total. The SMILES string of the molecule is CC(=O)Nc1cc(-c2ccc(OC(F)(F)C(C)(F)OC(F)(F)C(F)(F)C(F)(F)F)c(NC(C)=O)c2)ccc1OC(F)(F)C(C)(F)OC(F)(F)C(F)(F)C(F)(F)F. The van der Waals surface area contributed by atoms with Crippen LogP contribution >= 0.6 is 0 Å². The van der Waals surface area contributed by atoms with Crippen molar-refractivity contribution in [3.05, 3.63) is 36.4 Å². The van der Waals surface area contributed by atoms with Gasteiger partial charge in [0, 0.05) is 27.7 Å². The Morgan fingerprint density at radius 3 is 0.964 bits per heavy atom. The molecule has 0 saturated carbocycles. The Kier molecular flexibility index (Phi) is 12.6. The van der Waals surface area contributed by atoms with Gasteiger partial charge >= 0.3 is 60.3 Å². The number of anilines is 2. The van der Waals surface area contributed by atoms with Gasteiger partial charge < -0.3 is 20.1 Å². The number of alkyl halides is 20. The smallest absolute Gasteiger partial charge is 0.426 e. The normalized spacial score (nSPS) is 16.1. The van der Waals surface area contributed by atoms with Crippen LogP contribution in [0.15, 0.2) is 36.4 Å². The molecule has 0 spiro atoms. The number of halogens is 20. The maximum Gasteiger partial charge on any atom is 0.462 e. The Morgan fingerprint density at radius 2 is 0.732 bits per heavy atom. The van der Waals surface area contributed by atoms with E-state index in [1.54, 1.807) is 10.6 Å². The highest BCUT2D eigenvalue weighted by atomic mass is 19.4. The van der Waals surface area contributed by atoms with Crippen LogP contribution < -0.4 is 20.1 Å². The van der Waals surface area contributed by atoms with Gasteiger partial charge in [-0.1, -0.05) is 12.1 Å². The highest BCUT2D eigenvalue weighted by Gasteiger charge is 2.79. The number of rotatable bonds is 15. The average molecular weight is 860 g/mol. The molecule has 2 atom stereocenters. The number of carbonyl (C=O) groups excluding carboxylic acids is 2. The molecule has 0 aliphatic heterocycles. The molecular weight excluding hydrogens is 840 g/mol. The number of amides is 2. The Balaban J connectivity index is 2.58. The maximum atomic E-state index is 14.7. The summed E-state index contributed by atoms with van der Waals surface area (Å²) in [6.45, 7) is -0.115. The van der Waals surface area contributed by atoms with E-state index in [0.29, 0.717) is 50.2 Å². The van der Waals surface area contributed by atoms with E-state index in [-0.39, 0.29) is 0 Å². The van der Waals surface area contributed by atoms with Crippen LogP contribution in [0.5, 0.6) is 11.5 Å². The molecule has 2 amide bonds. The Labute approximate surface area is 298 Å². The van der Waals surface area contributed by atoms with Crippen LogP contribution in [0.2, 0.25) is 0 Å². The molecule has 0 aromatic heterocycles. The van der Waals surface area contributed by atoms with Crippen LogP contribution in [0, 0.1) is 0 Å². The van der Waals surface area contributed by atoms with Crippen molar-refractivity contribution in [1.29, 1.82) is 0 Å². The summed E-state index contributed by atoms with van der Waals surface area (Å²) >= 11 is 0. The van der Waals surface area contributed by atoms with Gasteiger partial charge in [-0.05, 0) is 35.4 Å². The van der Waals surface area contributed by atoms with E-state index in [2.05, 4.69) is 18.9 Å². The fourth-order valence-corrected chi connectivity index (χ4v) is 3.69. The maximum absolute atomic E-state index is 14.7. The van der Waals surface area contributed by atoms with Gasteiger partial charge in [0.05, 0.1) is 11.4 Å². The van der Waals surface area contributed by atoms with Crippen molar-refractivity contribution in [2.45, 2.75) is 88.0 Å². The topological polar surface area (TPSA) is 95.1 Å². The summed E-state index contributed by atoms with van der Waals surface area (Å²) in [5.74, 6) is -30.8. The third kappa shape index (κ3) is 9.71. The number of ether oxygens (including phenoxy) is 4. The molecule has 2 rings (SSSR count). The minimum absolute atomic E-state index is 0.326. The molecule has 0 heterocycles. The van der Waals surface area contributed by atoms with Gasteiger partial charge in [0.25, 0.3) is 0 Å². The highest BCUT2D eigenvalue weighted by molar-refractivity contribution is 5.93. The molecular formula is C28H20F20N2O6. The zero-order chi connectivity index (χ0) is 44.1. The lowest BCUT2D eigenvalue weighted by molar-refractivity contribution is -0.483. The fourth-order valence-electron chi connectivity index (χ4n) is 3.69. The van der Waals surface area contributed by atoms with E-state index in [1.807, 2.05) is 0 Å². The van der Waals surface area contributed by atoms with Crippen LogP contribution in [0.1, 0.15) is 27.7 Å². The van der Waals surface area contributed by atoms with Crippen molar-refractivity contribution in [3.63, 3.8) is 0 Å². The summed E-state index contributed by atoms with van der Waals surface area (Å²) in [5.41, 5.74) is -2.88. The number of nitrogens with one attached hydrogen (secondary N) is 2. The summed E-state index contributed by atoms with van der Waals surface area (Å²) < 4.78 is 283. The lowest BCUT2D eigenvalue weighted by Gasteiger charge is -2.35. The number of benzene rings is 2. The Morgan fingerprint density at radius 1 is 0.464 bits per heavy atom. The molecule has 0 bridgehead atoms. The minimum Gasteiger partial charge on any atom is -0.426 e. The molecule has 8 nitrogen and oxygen atoms in total. The summed E-state index contributed by atoms with van der Waals surface area (Å²) in [4.78, 5) is 23.5. The zero-order valence-corrected chi connectivity index (χ0v) is 27.5. The average Bonchev–Trinajstić information content (AvgIpc) is 2.95. The first kappa shape index (κ1) is 47.7. The van der Waals surface area contributed by atoms with Crippen molar-refractivity contribution in [2.24, 2.45) is 0 Å². The molecule has 0 aliphatic rings. The van der Waals surface area contributed by atoms with Gasteiger partial charge in [-0.3, -0.25) is 19.1 Å². The first-order valence-electron chi connectivity index (χ1n) is 14.0. The van der Waals surface area contributed by atoms with Gasteiger partial charge in [-0.25, -0.2) is 8.78 Å². The van der Waals surface area contributed by atoms with Crippen molar-refractivity contribution in [1.82, 2.24) is 0 Å². The van der Waals surface area contributed by atoms with Gasteiger partial charge in [-0.15, -0.1) is 0 Å². The van der Waals surface area contributed by atoms with E-state index in [9.17, 15) is 97.4 Å². The number of carbonyl (C=O) groups is 2. The van der Waals surface area contributed by atoms with E-state index < -0.39 is 120 Å². The molecule has 318 valence electrons. The summed E-state index contributed by atoms with van der Waals surface area (Å²) in [6.07, 6.45) is -40.1. The largest absolute Gasteiger partial charge is 0.462 e. The number of hydrogen-bond acceptors (Lipinski definition) is 6. The molecule has 56 heavy (non-hydrogen) atoms. The van der Waals surface area contributed by atoms with E-state index in [0.717, 1.165) is 0 Å². The van der Waals surface area contributed by atoms with Crippen LogP contribution in [-0.2, 0) is 19.1 Å². The van der Waals surface area contributed by atoms with E-state index >= 15 is 0 Å². The van der Waals surface area contributed by atoms with Crippen molar-refractivity contribution in [3.8, 4) is 22.6 Å². The third-order valence-corrected chi connectivity index (χ3v) is 6.51. The molecule has 28 heteroatoms. The van der Waals surface area contributed by atoms with Gasteiger partial charge in [0.2, 0.25) is 11.8 Å². The van der Waals surface area contributed by atoms with Crippen molar-refractivity contribution < 1.29 is 116 Å². The fraction of sp³-hybridized carbons (Fsp3) is 0.500. The van der Waals surface area contributed by atoms with Crippen LogP contribution in [0.4, 0.5) is 99.2 Å². The van der Waals surface area contributed by atoms with Gasteiger partial charge in [0.15, 0.2) is 0 Å². The molecule has 0 fully saturated rings. The summed E-state index contributed by atoms with van der Waals surface area (Å²) in [5, 5.41) is 3.57. The molecule has 2 aromatic rings. The van der Waals surface area contributed by atoms with Crippen LogP contribution in [0.3, 0.4) is 0 Å². The summed E-state index contributed by atoms with van der Waals surface area (Å²) in [6, 6.07) is 3.02. The Bertz CT molecular complexity index is 1650. The molecule has 0 radical (unpaired) electrons. The van der Waals surface area contributed by atoms with Gasteiger partial charge in [0.1, 0.15) is 11.5 Å². The minimum atomic E-state index is -7.23. The second-order valence-corrected chi connectivity index (χ2v) is 11.2. The summed E-state index contributed by atoms with van der Waals surface area (Å²) in [7, 11) is 0. The zero-order valence-electron chi connectivity index (χ0n) is 27.5. The molecule has 0 aliphatic carbocycles. The first-order chi connectivity index (χ1) is 24.6. The van der Waals surface area contributed by atoms with E-state index in [1.165, 1.54) is 0 Å². The first-order valence-corrected chi connectivity index (χ1v) is 14.0. The standard InChI is InChI=1S/C28H20F20N2O6/c1-11(51)49-15-9-13(5-7-17(15)53-25(41,42)19(3,29)55-27(45,46)21(31,32)23(35,36)37)14-6-8-18(16(10-14)50-12(2)52)54-26(43,44)20(4,30)56-28(47,48)22(33,34)24(38,39)40/h5-10H,1-4H3,(H,49,51)(H,50,52).